The molecule has 0 radical (unpaired) electrons. The second-order valence-electron chi connectivity index (χ2n) is 4.18. The molecule has 1 saturated heterocycles. The summed E-state index contributed by atoms with van der Waals surface area (Å²) in [6.07, 6.45) is -1.26. The number of hydrogen-bond acceptors (Lipinski definition) is 5. The highest BCUT2D eigenvalue weighted by Crippen LogP contribution is 2.22. The van der Waals surface area contributed by atoms with Crippen LogP contribution in [-0.4, -0.2) is 46.3 Å². The summed E-state index contributed by atoms with van der Waals surface area (Å²) in [5.74, 6) is -0.977. The van der Waals surface area contributed by atoms with E-state index < -0.39 is 18.2 Å². The van der Waals surface area contributed by atoms with E-state index in [2.05, 4.69) is 5.32 Å². The monoisotopic (exact) mass is 253 g/mol. The molecule has 0 aliphatic carbocycles. The van der Waals surface area contributed by atoms with Crippen LogP contribution in [0.5, 0.6) is 0 Å². The van der Waals surface area contributed by atoms with Crippen molar-refractivity contribution in [2.45, 2.75) is 24.9 Å². The lowest BCUT2D eigenvalue weighted by atomic mass is 10.2. The summed E-state index contributed by atoms with van der Waals surface area (Å²) >= 11 is 0. The van der Waals surface area contributed by atoms with E-state index >= 15 is 0 Å². The van der Waals surface area contributed by atoms with Crippen LogP contribution >= 0.6 is 0 Å². The van der Waals surface area contributed by atoms with Crippen molar-refractivity contribution in [1.82, 2.24) is 0 Å². The topological polar surface area (TPSA) is 99.0 Å². The lowest BCUT2D eigenvalue weighted by molar-refractivity contribution is -0.0149. The Hall–Kier alpha value is -1.63. The third-order valence-corrected chi connectivity index (χ3v) is 2.86. The Morgan fingerprint density at radius 1 is 1.39 bits per heavy atom. The molecule has 3 unspecified atom stereocenters. The highest BCUT2D eigenvalue weighted by atomic mass is 16.5. The van der Waals surface area contributed by atoms with Crippen LogP contribution in [0, 0.1) is 0 Å². The van der Waals surface area contributed by atoms with Crippen molar-refractivity contribution in [3.05, 3.63) is 29.8 Å². The zero-order chi connectivity index (χ0) is 13.1. The fourth-order valence-electron chi connectivity index (χ4n) is 1.88. The van der Waals surface area contributed by atoms with Gasteiger partial charge in [-0.05, 0) is 24.3 Å². The normalized spacial score (nSPS) is 27.1. The lowest BCUT2D eigenvalue weighted by Gasteiger charge is -2.14. The van der Waals surface area contributed by atoms with Gasteiger partial charge in [-0.3, -0.25) is 0 Å². The van der Waals surface area contributed by atoms with Crippen LogP contribution in [0.15, 0.2) is 24.3 Å². The van der Waals surface area contributed by atoms with Crippen LogP contribution in [-0.2, 0) is 4.74 Å². The van der Waals surface area contributed by atoms with Crippen molar-refractivity contribution in [1.29, 1.82) is 0 Å². The van der Waals surface area contributed by atoms with Crippen LogP contribution in [0.1, 0.15) is 16.8 Å². The van der Waals surface area contributed by atoms with Gasteiger partial charge in [0, 0.05) is 12.1 Å². The number of hydrogen-bond donors (Lipinski definition) is 4. The van der Waals surface area contributed by atoms with E-state index in [1.165, 1.54) is 12.1 Å². The average molecular weight is 253 g/mol. The minimum Gasteiger partial charge on any atom is -0.478 e. The summed E-state index contributed by atoms with van der Waals surface area (Å²) in [5, 5.41) is 30.3. The molecule has 0 aromatic heterocycles. The Bertz CT molecular complexity index is 419. The molecule has 3 atom stereocenters. The minimum absolute atomic E-state index is 0.209. The molecule has 18 heavy (non-hydrogen) atoms. The van der Waals surface area contributed by atoms with E-state index in [-0.39, 0.29) is 18.4 Å². The van der Waals surface area contributed by atoms with Gasteiger partial charge >= 0.3 is 5.97 Å². The van der Waals surface area contributed by atoms with Gasteiger partial charge in [-0.1, -0.05) is 0 Å². The van der Waals surface area contributed by atoms with Gasteiger partial charge in [0.15, 0.2) is 0 Å². The van der Waals surface area contributed by atoms with Crippen LogP contribution in [0.25, 0.3) is 0 Å². The standard InChI is InChI=1S/C12H15NO5/c14-6-10-9(15)5-11(18-10)13-8-3-1-7(2-4-8)12(16)17/h1-4,9-11,13-15H,5-6H2,(H,16,17). The molecule has 1 fully saturated rings. The Kier molecular flexibility index (Phi) is 3.81. The number of aliphatic hydroxyl groups excluding tert-OH is 2. The molecule has 6 heteroatoms. The first-order valence-corrected chi connectivity index (χ1v) is 5.64. The third-order valence-electron chi connectivity index (χ3n) is 2.86. The molecule has 1 aromatic carbocycles. The van der Waals surface area contributed by atoms with Gasteiger partial charge in [-0.2, -0.15) is 0 Å². The van der Waals surface area contributed by atoms with E-state index in [0.29, 0.717) is 12.1 Å². The quantitative estimate of drug-likeness (QED) is 0.614. The van der Waals surface area contributed by atoms with Crippen molar-refractivity contribution in [3.63, 3.8) is 0 Å². The van der Waals surface area contributed by atoms with Crippen molar-refractivity contribution in [3.8, 4) is 0 Å². The van der Waals surface area contributed by atoms with Gasteiger partial charge in [-0.25, -0.2) is 4.79 Å². The number of benzene rings is 1. The molecular formula is C12H15NO5. The maximum Gasteiger partial charge on any atom is 0.335 e. The van der Waals surface area contributed by atoms with E-state index in [1.54, 1.807) is 12.1 Å². The van der Waals surface area contributed by atoms with Crippen molar-refractivity contribution >= 4 is 11.7 Å². The van der Waals surface area contributed by atoms with Crippen molar-refractivity contribution in [2.24, 2.45) is 0 Å². The molecule has 0 saturated carbocycles. The summed E-state index contributed by atoms with van der Waals surface area (Å²) in [6.45, 7) is -0.225. The second kappa shape index (κ2) is 5.34. The third kappa shape index (κ3) is 2.79. The fourth-order valence-corrected chi connectivity index (χ4v) is 1.88. The first-order valence-electron chi connectivity index (χ1n) is 5.64. The maximum atomic E-state index is 10.7. The predicted molar refractivity (Wildman–Crippen MR) is 63.4 cm³/mol. The van der Waals surface area contributed by atoms with Crippen LogP contribution in [0.2, 0.25) is 0 Å². The molecule has 0 amide bonds. The van der Waals surface area contributed by atoms with E-state index in [9.17, 15) is 9.90 Å². The Morgan fingerprint density at radius 2 is 2.06 bits per heavy atom. The summed E-state index contributed by atoms with van der Waals surface area (Å²) in [7, 11) is 0. The molecule has 1 heterocycles. The number of aromatic carboxylic acids is 1. The zero-order valence-electron chi connectivity index (χ0n) is 9.61. The molecule has 1 aliphatic rings. The highest BCUT2D eigenvalue weighted by Gasteiger charge is 2.33. The van der Waals surface area contributed by atoms with Gasteiger partial charge < -0.3 is 25.4 Å². The van der Waals surface area contributed by atoms with Gasteiger partial charge in [0.1, 0.15) is 12.3 Å². The van der Waals surface area contributed by atoms with Crippen LogP contribution in [0.3, 0.4) is 0 Å². The molecule has 1 aliphatic heterocycles. The first-order chi connectivity index (χ1) is 8.60. The molecular weight excluding hydrogens is 238 g/mol. The Balaban J connectivity index is 1.96. The van der Waals surface area contributed by atoms with Crippen molar-refractivity contribution in [2.75, 3.05) is 11.9 Å². The SMILES string of the molecule is O=C(O)c1ccc(NC2CC(O)C(CO)O2)cc1. The van der Waals surface area contributed by atoms with Crippen LogP contribution < -0.4 is 5.32 Å². The number of carboxylic acid groups (broad SMARTS) is 1. The molecule has 6 nitrogen and oxygen atoms in total. The molecule has 1 aromatic rings. The van der Waals surface area contributed by atoms with Crippen molar-refractivity contribution < 1.29 is 24.9 Å². The number of ether oxygens (including phenoxy) is 1. The van der Waals surface area contributed by atoms with Gasteiger partial charge in [0.2, 0.25) is 0 Å². The Labute approximate surface area is 104 Å². The molecule has 2 rings (SSSR count). The fraction of sp³-hybridized carbons (Fsp3) is 0.417. The Morgan fingerprint density at radius 3 is 2.56 bits per heavy atom. The maximum absolute atomic E-state index is 10.7. The molecule has 0 spiro atoms. The summed E-state index contributed by atoms with van der Waals surface area (Å²) in [4.78, 5) is 10.7. The number of nitrogens with one attached hydrogen (secondary N) is 1. The van der Waals surface area contributed by atoms with E-state index in [0.717, 1.165) is 0 Å². The number of rotatable bonds is 4. The molecule has 98 valence electrons. The summed E-state index contributed by atoms with van der Waals surface area (Å²) in [5.41, 5.74) is 0.914. The molecule has 0 bridgehead atoms. The highest BCUT2D eigenvalue weighted by molar-refractivity contribution is 5.87. The summed E-state index contributed by atoms with van der Waals surface area (Å²) in [6, 6.07) is 6.23. The number of carboxylic acids is 1. The second-order valence-corrected chi connectivity index (χ2v) is 4.18. The van der Waals surface area contributed by atoms with Crippen LogP contribution in [0.4, 0.5) is 5.69 Å². The smallest absolute Gasteiger partial charge is 0.335 e. The number of aliphatic hydroxyl groups is 2. The van der Waals surface area contributed by atoms with Gasteiger partial charge in [-0.15, -0.1) is 0 Å². The van der Waals surface area contributed by atoms with E-state index in [1.807, 2.05) is 0 Å². The van der Waals surface area contributed by atoms with Gasteiger partial charge in [0.25, 0.3) is 0 Å². The average Bonchev–Trinajstić information content (AvgIpc) is 2.70. The van der Waals surface area contributed by atoms with Gasteiger partial charge in [0.05, 0.1) is 18.3 Å². The largest absolute Gasteiger partial charge is 0.478 e. The lowest BCUT2D eigenvalue weighted by Crippen LogP contribution is -2.25. The van der Waals surface area contributed by atoms with E-state index in [4.69, 9.17) is 14.9 Å². The number of anilines is 1. The number of carbonyl (C=O) groups is 1. The zero-order valence-corrected chi connectivity index (χ0v) is 9.61. The summed E-state index contributed by atoms with van der Waals surface area (Å²) < 4.78 is 5.38. The molecule has 4 N–H and O–H groups in total. The predicted octanol–water partition coefficient (Wildman–Crippen LogP) is 0.265. The first kappa shape index (κ1) is 12.8. The minimum atomic E-state index is -0.977.